The number of hydrogen-bond donors (Lipinski definition) is 2. The van der Waals surface area contributed by atoms with E-state index in [1.54, 1.807) is 0 Å². The van der Waals surface area contributed by atoms with Crippen molar-refractivity contribution in [3.05, 3.63) is 35.9 Å². The lowest BCUT2D eigenvalue weighted by Crippen LogP contribution is -2.35. The van der Waals surface area contributed by atoms with Crippen molar-refractivity contribution in [2.45, 2.75) is 19.3 Å². The van der Waals surface area contributed by atoms with Crippen molar-refractivity contribution in [3.63, 3.8) is 0 Å². The summed E-state index contributed by atoms with van der Waals surface area (Å²) in [5.41, 5.74) is 0.771. The molecular weight excluding hydrogens is 202 g/mol. The Morgan fingerprint density at radius 2 is 2.00 bits per heavy atom. The van der Waals surface area contributed by atoms with Crippen molar-refractivity contribution in [3.8, 4) is 0 Å². The van der Waals surface area contributed by atoms with Crippen LogP contribution in [0.4, 0.5) is 0 Å². The van der Waals surface area contributed by atoms with Crippen molar-refractivity contribution >= 4 is 5.91 Å². The standard InChI is InChI=1S/C13H17NO2/c15-10-13(7-8-13)12(16)14-9-6-11-4-2-1-3-5-11/h1-5,15H,6-10H2,(H,14,16). The molecular formula is C13H17NO2. The van der Waals surface area contributed by atoms with Gasteiger partial charge in [-0.05, 0) is 24.8 Å². The van der Waals surface area contributed by atoms with Gasteiger partial charge in [0.15, 0.2) is 0 Å². The molecule has 1 aromatic rings. The minimum atomic E-state index is -0.448. The van der Waals surface area contributed by atoms with Crippen LogP contribution < -0.4 is 5.32 Å². The van der Waals surface area contributed by atoms with Gasteiger partial charge in [-0.25, -0.2) is 0 Å². The second-order valence-corrected chi connectivity index (χ2v) is 4.43. The largest absolute Gasteiger partial charge is 0.395 e. The quantitative estimate of drug-likeness (QED) is 0.779. The summed E-state index contributed by atoms with van der Waals surface area (Å²) in [6.45, 7) is 0.620. The molecule has 0 aliphatic heterocycles. The molecule has 86 valence electrons. The van der Waals surface area contributed by atoms with Crippen LogP contribution in [0, 0.1) is 5.41 Å². The van der Waals surface area contributed by atoms with E-state index in [0.29, 0.717) is 6.54 Å². The Balaban J connectivity index is 1.75. The van der Waals surface area contributed by atoms with Crippen LogP contribution in [-0.2, 0) is 11.2 Å². The predicted octanol–water partition coefficient (Wildman–Crippen LogP) is 1.12. The molecule has 0 aromatic heterocycles. The van der Waals surface area contributed by atoms with Crippen molar-refractivity contribution in [2.75, 3.05) is 13.2 Å². The highest BCUT2D eigenvalue weighted by Crippen LogP contribution is 2.45. The molecule has 2 N–H and O–H groups in total. The molecule has 1 fully saturated rings. The van der Waals surface area contributed by atoms with Crippen LogP contribution >= 0.6 is 0 Å². The Hall–Kier alpha value is -1.35. The van der Waals surface area contributed by atoms with E-state index >= 15 is 0 Å². The number of carbonyl (C=O) groups is 1. The van der Waals surface area contributed by atoms with Crippen LogP contribution in [0.5, 0.6) is 0 Å². The van der Waals surface area contributed by atoms with Crippen LogP contribution in [0.2, 0.25) is 0 Å². The molecule has 1 aliphatic rings. The molecule has 0 heterocycles. The van der Waals surface area contributed by atoms with Gasteiger partial charge in [-0.15, -0.1) is 0 Å². The molecule has 0 bridgehead atoms. The average molecular weight is 219 g/mol. The molecule has 16 heavy (non-hydrogen) atoms. The third-order valence-corrected chi connectivity index (χ3v) is 3.18. The minimum absolute atomic E-state index is 0.00549. The Labute approximate surface area is 95.5 Å². The summed E-state index contributed by atoms with van der Waals surface area (Å²) in [5, 5.41) is 12.0. The summed E-state index contributed by atoms with van der Waals surface area (Å²) < 4.78 is 0. The van der Waals surface area contributed by atoms with Crippen LogP contribution in [0.1, 0.15) is 18.4 Å². The van der Waals surface area contributed by atoms with Crippen molar-refractivity contribution in [2.24, 2.45) is 5.41 Å². The summed E-state index contributed by atoms with van der Waals surface area (Å²) in [6.07, 6.45) is 2.48. The molecule has 3 heteroatoms. The topological polar surface area (TPSA) is 49.3 Å². The number of aliphatic hydroxyl groups excluding tert-OH is 1. The van der Waals surface area contributed by atoms with Crippen LogP contribution in [0.25, 0.3) is 0 Å². The first kappa shape index (κ1) is 11.1. The number of benzene rings is 1. The first-order valence-corrected chi connectivity index (χ1v) is 5.70. The fraction of sp³-hybridized carbons (Fsp3) is 0.462. The zero-order valence-corrected chi connectivity index (χ0v) is 9.28. The SMILES string of the molecule is O=C(NCCc1ccccc1)C1(CO)CC1. The average Bonchev–Trinajstić information content (AvgIpc) is 3.11. The number of carbonyl (C=O) groups excluding carboxylic acids is 1. The molecule has 0 unspecified atom stereocenters. The highest BCUT2D eigenvalue weighted by Gasteiger charge is 2.49. The second-order valence-electron chi connectivity index (χ2n) is 4.43. The summed E-state index contributed by atoms with van der Waals surface area (Å²) in [4.78, 5) is 11.7. The van der Waals surface area contributed by atoms with Crippen molar-refractivity contribution in [1.82, 2.24) is 5.32 Å². The normalized spacial score (nSPS) is 16.8. The molecule has 1 aromatic carbocycles. The number of rotatable bonds is 5. The van der Waals surface area contributed by atoms with Gasteiger partial charge in [0.2, 0.25) is 5.91 Å². The lowest BCUT2D eigenvalue weighted by molar-refractivity contribution is -0.127. The van der Waals surface area contributed by atoms with Gasteiger partial charge >= 0.3 is 0 Å². The van der Waals surface area contributed by atoms with Gasteiger partial charge in [-0.3, -0.25) is 4.79 Å². The zero-order valence-electron chi connectivity index (χ0n) is 9.28. The Bertz CT molecular complexity index is 357. The highest BCUT2D eigenvalue weighted by atomic mass is 16.3. The van der Waals surface area contributed by atoms with Crippen LogP contribution in [-0.4, -0.2) is 24.2 Å². The summed E-state index contributed by atoms with van der Waals surface area (Å²) in [7, 11) is 0. The van der Waals surface area contributed by atoms with E-state index in [1.807, 2.05) is 30.3 Å². The Morgan fingerprint density at radius 1 is 1.31 bits per heavy atom. The molecule has 1 aliphatic carbocycles. The summed E-state index contributed by atoms with van der Waals surface area (Å²) in [5.74, 6) is 0.00549. The molecule has 0 saturated heterocycles. The van der Waals surface area contributed by atoms with E-state index in [-0.39, 0.29) is 12.5 Å². The lowest BCUT2D eigenvalue weighted by Gasteiger charge is -2.11. The van der Waals surface area contributed by atoms with E-state index in [2.05, 4.69) is 5.32 Å². The molecule has 3 nitrogen and oxygen atoms in total. The highest BCUT2D eigenvalue weighted by molar-refractivity contribution is 5.85. The van der Waals surface area contributed by atoms with E-state index in [0.717, 1.165) is 19.3 Å². The first-order valence-electron chi connectivity index (χ1n) is 5.70. The fourth-order valence-corrected chi connectivity index (χ4v) is 1.76. The molecule has 0 radical (unpaired) electrons. The molecule has 0 atom stereocenters. The van der Waals surface area contributed by atoms with Crippen molar-refractivity contribution < 1.29 is 9.90 Å². The number of amides is 1. The molecule has 2 rings (SSSR count). The Kier molecular flexibility index (Phi) is 3.25. The Morgan fingerprint density at radius 3 is 2.56 bits per heavy atom. The third-order valence-electron chi connectivity index (χ3n) is 3.18. The van der Waals surface area contributed by atoms with Gasteiger partial charge in [0.1, 0.15) is 0 Å². The minimum Gasteiger partial charge on any atom is -0.395 e. The van der Waals surface area contributed by atoms with Gasteiger partial charge < -0.3 is 10.4 Å². The van der Waals surface area contributed by atoms with E-state index < -0.39 is 5.41 Å². The van der Waals surface area contributed by atoms with Gasteiger partial charge in [-0.2, -0.15) is 0 Å². The third kappa shape index (κ3) is 2.42. The second kappa shape index (κ2) is 4.66. The van der Waals surface area contributed by atoms with E-state index in [1.165, 1.54) is 5.56 Å². The maximum Gasteiger partial charge on any atom is 0.228 e. The maximum atomic E-state index is 11.7. The van der Waals surface area contributed by atoms with Gasteiger partial charge in [0.25, 0.3) is 0 Å². The van der Waals surface area contributed by atoms with Crippen LogP contribution in [0.3, 0.4) is 0 Å². The van der Waals surface area contributed by atoms with Crippen molar-refractivity contribution in [1.29, 1.82) is 0 Å². The van der Waals surface area contributed by atoms with Gasteiger partial charge in [-0.1, -0.05) is 30.3 Å². The molecule has 1 amide bonds. The predicted molar refractivity (Wildman–Crippen MR) is 61.9 cm³/mol. The molecule has 1 saturated carbocycles. The van der Waals surface area contributed by atoms with E-state index in [9.17, 15) is 4.79 Å². The van der Waals surface area contributed by atoms with Gasteiger partial charge in [0.05, 0.1) is 12.0 Å². The zero-order chi connectivity index (χ0) is 11.4. The van der Waals surface area contributed by atoms with E-state index in [4.69, 9.17) is 5.11 Å². The smallest absolute Gasteiger partial charge is 0.228 e. The molecule has 0 spiro atoms. The lowest BCUT2D eigenvalue weighted by atomic mass is 10.1. The number of aliphatic hydroxyl groups is 1. The summed E-state index contributed by atoms with van der Waals surface area (Å²) >= 11 is 0. The van der Waals surface area contributed by atoms with Crippen LogP contribution in [0.15, 0.2) is 30.3 Å². The summed E-state index contributed by atoms with van der Waals surface area (Å²) in [6, 6.07) is 10.1. The maximum absolute atomic E-state index is 11.7. The number of nitrogens with one attached hydrogen (secondary N) is 1. The number of hydrogen-bond acceptors (Lipinski definition) is 2. The van der Waals surface area contributed by atoms with Gasteiger partial charge in [0, 0.05) is 6.54 Å². The first-order chi connectivity index (χ1) is 7.77. The fourth-order valence-electron chi connectivity index (χ4n) is 1.76. The monoisotopic (exact) mass is 219 g/mol.